The number of likely N-dealkylation sites (N-methyl/N-ethyl adjacent to an activating group) is 1. The van der Waals surface area contributed by atoms with E-state index in [1.54, 1.807) is 0 Å². The SMILES string of the molecule is CCOc1ccccc1C(CC)NC(=O)CN1CCCC(NC)C1.Cl. The number of piperidine rings is 1. The van der Waals surface area contributed by atoms with E-state index in [-0.39, 0.29) is 24.4 Å². The Kier molecular flexibility index (Phi) is 9.86. The van der Waals surface area contributed by atoms with Gasteiger partial charge in [0.25, 0.3) is 0 Å². The molecular weight excluding hydrogens is 338 g/mol. The monoisotopic (exact) mass is 369 g/mol. The number of halogens is 1. The fourth-order valence-corrected chi connectivity index (χ4v) is 3.33. The molecule has 6 heteroatoms. The van der Waals surface area contributed by atoms with Crippen LogP contribution in [0.1, 0.15) is 44.7 Å². The number of ether oxygens (including phenoxy) is 1. The summed E-state index contributed by atoms with van der Waals surface area (Å²) in [6.45, 7) is 7.09. The summed E-state index contributed by atoms with van der Waals surface area (Å²) in [5.41, 5.74) is 1.06. The molecule has 0 saturated carbocycles. The van der Waals surface area contributed by atoms with E-state index in [0.717, 1.165) is 37.2 Å². The first kappa shape index (κ1) is 21.7. The molecule has 1 fully saturated rings. The van der Waals surface area contributed by atoms with E-state index in [0.29, 0.717) is 19.2 Å². The number of benzene rings is 1. The Morgan fingerprint density at radius 1 is 1.36 bits per heavy atom. The largest absolute Gasteiger partial charge is 0.494 e. The number of nitrogens with zero attached hydrogens (tertiary/aromatic N) is 1. The van der Waals surface area contributed by atoms with Gasteiger partial charge in [-0.15, -0.1) is 12.4 Å². The van der Waals surface area contributed by atoms with Crippen molar-refractivity contribution < 1.29 is 9.53 Å². The number of hydrogen-bond acceptors (Lipinski definition) is 4. The van der Waals surface area contributed by atoms with Gasteiger partial charge in [0.05, 0.1) is 19.2 Å². The molecule has 1 heterocycles. The number of amides is 1. The molecule has 142 valence electrons. The van der Waals surface area contributed by atoms with Crippen LogP contribution >= 0.6 is 12.4 Å². The summed E-state index contributed by atoms with van der Waals surface area (Å²) in [6, 6.07) is 8.45. The van der Waals surface area contributed by atoms with Crippen molar-refractivity contribution in [3.05, 3.63) is 29.8 Å². The second kappa shape index (κ2) is 11.3. The fourth-order valence-electron chi connectivity index (χ4n) is 3.33. The van der Waals surface area contributed by atoms with Crippen molar-refractivity contribution >= 4 is 18.3 Å². The maximum Gasteiger partial charge on any atom is 0.234 e. The first-order chi connectivity index (χ1) is 11.7. The molecule has 0 radical (unpaired) electrons. The number of likely N-dealkylation sites (tertiary alicyclic amines) is 1. The zero-order valence-corrected chi connectivity index (χ0v) is 16.4. The molecule has 2 unspecified atom stereocenters. The van der Waals surface area contributed by atoms with Gasteiger partial charge in [-0.05, 0) is 45.8 Å². The topological polar surface area (TPSA) is 53.6 Å². The molecule has 0 aliphatic carbocycles. The van der Waals surface area contributed by atoms with Crippen molar-refractivity contribution in [2.24, 2.45) is 0 Å². The summed E-state index contributed by atoms with van der Waals surface area (Å²) in [4.78, 5) is 14.7. The first-order valence-corrected chi connectivity index (χ1v) is 9.08. The van der Waals surface area contributed by atoms with Gasteiger partial charge in [-0.25, -0.2) is 0 Å². The Balaban J connectivity index is 0.00000312. The molecule has 1 saturated heterocycles. The van der Waals surface area contributed by atoms with Crippen molar-refractivity contribution in [1.82, 2.24) is 15.5 Å². The Morgan fingerprint density at radius 2 is 2.12 bits per heavy atom. The summed E-state index contributed by atoms with van der Waals surface area (Å²) in [6.07, 6.45) is 3.17. The van der Waals surface area contributed by atoms with E-state index in [1.807, 2.05) is 38.2 Å². The number of carbonyl (C=O) groups is 1. The molecule has 0 bridgehead atoms. The number of hydrogen-bond donors (Lipinski definition) is 2. The van der Waals surface area contributed by atoms with Crippen molar-refractivity contribution in [1.29, 1.82) is 0 Å². The van der Waals surface area contributed by atoms with Crippen LogP contribution in [-0.4, -0.2) is 50.1 Å². The molecule has 2 N–H and O–H groups in total. The Labute approximate surface area is 157 Å². The van der Waals surface area contributed by atoms with Gasteiger partial charge >= 0.3 is 0 Å². The third-order valence-corrected chi connectivity index (χ3v) is 4.62. The third-order valence-electron chi connectivity index (χ3n) is 4.62. The van der Waals surface area contributed by atoms with Gasteiger partial charge in [-0.3, -0.25) is 9.69 Å². The first-order valence-electron chi connectivity index (χ1n) is 9.08. The second-order valence-electron chi connectivity index (χ2n) is 6.36. The van der Waals surface area contributed by atoms with E-state index >= 15 is 0 Å². The van der Waals surface area contributed by atoms with Crippen molar-refractivity contribution in [2.75, 3.05) is 33.3 Å². The second-order valence-corrected chi connectivity index (χ2v) is 6.36. The highest BCUT2D eigenvalue weighted by molar-refractivity contribution is 5.85. The maximum atomic E-state index is 12.5. The van der Waals surface area contributed by atoms with E-state index < -0.39 is 0 Å². The summed E-state index contributed by atoms with van der Waals surface area (Å²) >= 11 is 0. The van der Waals surface area contributed by atoms with Gasteiger partial charge in [0.15, 0.2) is 0 Å². The van der Waals surface area contributed by atoms with Gasteiger partial charge in [0.2, 0.25) is 5.91 Å². The Bertz CT molecular complexity index is 527. The molecule has 1 aliphatic heterocycles. The quantitative estimate of drug-likeness (QED) is 0.739. The average molecular weight is 370 g/mol. The lowest BCUT2D eigenvalue weighted by Crippen LogP contribution is -2.48. The smallest absolute Gasteiger partial charge is 0.234 e. The molecule has 1 aromatic rings. The molecule has 5 nitrogen and oxygen atoms in total. The van der Waals surface area contributed by atoms with Crippen LogP contribution in [0.25, 0.3) is 0 Å². The number of carbonyl (C=O) groups excluding carboxylic acids is 1. The molecule has 1 aromatic carbocycles. The normalized spacial score (nSPS) is 18.9. The van der Waals surface area contributed by atoms with Crippen LogP contribution in [0, 0.1) is 0 Å². The fraction of sp³-hybridized carbons (Fsp3) is 0.632. The van der Waals surface area contributed by atoms with Gasteiger partial charge < -0.3 is 15.4 Å². The molecular formula is C19H32ClN3O2. The predicted octanol–water partition coefficient (Wildman–Crippen LogP) is 2.76. The van der Waals surface area contributed by atoms with Crippen LogP contribution in [0.3, 0.4) is 0 Å². The summed E-state index contributed by atoms with van der Waals surface area (Å²) in [7, 11) is 1.99. The van der Waals surface area contributed by atoms with Gasteiger partial charge in [0.1, 0.15) is 5.75 Å². The summed E-state index contributed by atoms with van der Waals surface area (Å²) in [5.74, 6) is 0.949. The lowest BCUT2D eigenvalue weighted by atomic mass is 10.0. The Hall–Kier alpha value is -1.30. The van der Waals surface area contributed by atoms with Crippen LogP contribution < -0.4 is 15.4 Å². The molecule has 1 aliphatic rings. The van der Waals surface area contributed by atoms with E-state index in [9.17, 15) is 4.79 Å². The van der Waals surface area contributed by atoms with Crippen LogP contribution in [0.4, 0.5) is 0 Å². The summed E-state index contributed by atoms with van der Waals surface area (Å²) < 4.78 is 5.71. The highest BCUT2D eigenvalue weighted by Crippen LogP contribution is 2.27. The highest BCUT2D eigenvalue weighted by atomic mass is 35.5. The standard InChI is InChI=1S/C19H31N3O2.ClH/c1-4-17(16-10-6-7-11-18(16)24-5-2)21-19(23)14-22-12-8-9-15(13-22)20-3;/h6-7,10-11,15,17,20H,4-5,8-9,12-14H2,1-3H3,(H,21,23);1H. The molecule has 1 amide bonds. The van der Waals surface area contributed by atoms with Crippen LogP contribution in [-0.2, 0) is 4.79 Å². The minimum Gasteiger partial charge on any atom is -0.494 e. The third kappa shape index (κ3) is 6.49. The maximum absolute atomic E-state index is 12.5. The zero-order chi connectivity index (χ0) is 17.4. The zero-order valence-electron chi connectivity index (χ0n) is 15.6. The van der Waals surface area contributed by atoms with E-state index in [2.05, 4.69) is 22.5 Å². The predicted molar refractivity (Wildman–Crippen MR) is 105 cm³/mol. The van der Waals surface area contributed by atoms with Gasteiger partial charge in [-0.1, -0.05) is 25.1 Å². The number of nitrogens with one attached hydrogen (secondary N) is 2. The van der Waals surface area contributed by atoms with Crippen molar-refractivity contribution in [3.63, 3.8) is 0 Å². The minimum absolute atomic E-state index is 0. The van der Waals surface area contributed by atoms with Crippen molar-refractivity contribution in [3.8, 4) is 5.75 Å². The van der Waals surface area contributed by atoms with Crippen molar-refractivity contribution in [2.45, 2.75) is 45.2 Å². The minimum atomic E-state index is -0.00913. The molecule has 2 atom stereocenters. The number of rotatable bonds is 8. The highest BCUT2D eigenvalue weighted by Gasteiger charge is 2.22. The van der Waals surface area contributed by atoms with Gasteiger partial charge in [0, 0.05) is 18.2 Å². The van der Waals surface area contributed by atoms with Crippen LogP contribution in [0.5, 0.6) is 5.75 Å². The Morgan fingerprint density at radius 3 is 2.80 bits per heavy atom. The van der Waals surface area contributed by atoms with E-state index in [4.69, 9.17) is 4.74 Å². The lowest BCUT2D eigenvalue weighted by Gasteiger charge is -2.32. The number of para-hydroxylation sites is 1. The van der Waals surface area contributed by atoms with Gasteiger partial charge in [-0.2, -0.15) is 0 Å². The van der Waals surface area contributed by atoms with Crippen LogP contribution in [0.2, 0.25) is 0 Å². The molecule has 0 aromatic heterocycles. The van der Waals surface area contributed by atoms with Crippen LogP contribution in [0.15, 0.2) is 24.3 Å². The lowest BCUT2D eigenvalue weighted by molar-refractivity contribution is -0.123. The molecule has 25 heavy (non-hydrogen) atoms. The molecule has 2 rings (SSSR count). The summed E-state index contributed by atoms with van der Waals surface area (Å²) in [5, 5.41) is 6.50. The van der Waals surface area contributed by atoms with E-state index in [1.165, 1.54) is 6.42 Å². The molecule has 0 spiro atoms. The average Bonchev–Trinajstić information content (AvgIpc) is 2.61.